The Kier molecular flexibility index (Phi) is 6.14. The van der Waals surface area contributed by atoms with Crippen LogP contribution in [-0.2, 0) is 10.9 Å². The highest BCUT2D eigenvalue weighted by Gasteiger charge is 2.31. The number of likely N-dealkylation sites (tertiary alicyclic amines) is 1. The van der Waals surface area contributed by atoms with Crippen LogP contribution in [0.3, 0.4) is 0 Å². The first-order valence-corrected chi connectivity index (χ1v) is 8.83. The molecular weight excluding hydrogens is 333 g/mol. The highest BCUT2D eigenvalue weighted by molar-refractivity contribution is 5.39. The van der Waals surface area contributed by atoms with Crippen molar-refractivity contribution in [1.82, 2.24) is 14.8 Å². The SMILES string of the molecule is FC(F)(F)c1ccnc(NC2CCCN(CCN3CCOCC3)C2)c1. The van der Waals surface area contributed by atoms with Crippen LogP contribution in [-0.4, -0.2) is 73.3 Å². The highest BCUT2D eigenvalue weighted by Crippen LogP contribution is 2.30. The number of aromatic nitrogens is 1. The molecule has 0 aromatic carbocycles. The molecule has 25 heavy (non-hydrogen) atoms. The summed E-state index contributed by atoms with van der Waals surface area (Å²) in [5.74, 6) is 0.301. The van der Waals surface area contributed by atoms with Gasteiger partial charge in [-0.15, -0.1) is 0 Å². The number of nitrogens with zero attached hydrogens (tertiary/aromatic N) is 3. The first-order chi connectivity index (χ1) is 12.0. The number of morpholine rings is 1. The van der Waals surface area contributed by atoms with Gasteiger partial charge in [-0.2, -0.15) is 13.2 Å². The van der Waals surface area contributed by atoms with Crippen LogP contribution in [0.2, 0.25) is 0 Å². The molecule has 1 unspecified atom stereocenters. The molecule has 2 saturated heterocycles. The lowest BCUT2D eigenvalue weighted by atomic mass is 10.1. The van der Waals surface area contributed by atoms with E-state index >= 15 is 0 Å². The normalized spacial score (nSPS) is 23.6. The summed E-state index contributed by atoms with van der Waals surface area (Å²) in [5, 5.41) is 3.17. The second-order valence-corrected chi connectivity index (χ2v) is 6.67. The standard InChI is InChI=1S/C17H25F3N4O/c18-17(19,20)14-3-4-21-16(12-14)22-15-2-1-5-24(13-15)7-6-23-8-10-25-11-9-23/h3-4,12,15H,1-2,5-11,13H2,(H,21,22). The number of alkyl halides is 3. The molecule has 0 saturated carbocycles. The van der Waals surface area contributed by atoms with Crippen LogP contribution in [0.5, 0.6) is 0 Å². The van der Waals surface area contributed by atoms with Gasteiger partial charge in [0.1, 0.15) is 5.82 Å². The van der Waals surface area contributed by atoms with E-state index in [9.17, 15) is 13.2 Å². The summed E-state index contributed by atoms with van der Waals surface area (Å²) in [7, 11) is 0. The van der Waals surface area contributed by atoms with Gasteiger partial charge in [-0.3, -0.25) is 4.90 Å². The summed E-state index contributed by atoms with van der Waals surface area (Å²) in [5.41, 5.74) is -0.662. The van der Waals surface area contributed by atoms with E-state index in [-0.39, 0.29) is 6.04 Å². The molecule has 140 valence electrons. The number of anilines is 1. The van der Waals surface area contributed by atoms with Crippen molar-refractivity contribution in [1.29, 1.82) is 0 Å². The minimum absolute atomic E-state index is 0.134. The zero-order chi connectivity index (χ0) is 17.7. The van der Waals surface area contributed by atoms with E-state index < -0.39 is 11.7 Å². The smallest absolute Gasteiger partial charge is 0.379 e. The van der Waals surface area contributed by atoms with Gasteiger partial charge in [0.2, 0.25) is 0 Å². The number of hydrogen-bond acceptors (Lipinski definition) is 5. The Hall–Kier alpha value is -1.38. The topological polar surface area (TPSA) is 40.6 Å². The molecule has 5 nitrogen and oxygen atoms in total. The Balaban J connectivity index is 1.49. The second kappa shape index (κ2) is 8.33. The molecule has 0 radical (unpaired) electrons. The van der Waals surface area contributed by atoms with Crippen LogP contribution in [0.15, 0.2) is 18.3 Å². The van der Waals surface area contributed by atoms with Crippen LogP contribution in [0.1, 0.15) is 18.4 Å². The molecule has 1 atom stereocenters. The van der Waals surface area contributed by atoms with Crippen LogP contribution in [0, 0.1) is 0 Å². The molecule has 1 N–H and O–H groups in total. The minimum Gasteiger partial charge on any atom is -0.379 e. The Labute approximate surface area is 146 Å². The molecule has 1 aromatic heterocycles. The Morgan fingerprint density at radius 1 is 1.16 bits per heavy atom. The van der Waals surface area contributed by atoms with Gasteiger partial charge in [-0.05, 0) is 31.5 Å². The van der Waals surface area contributed by atoms with Crippen molar-refractivity contribution in [3.05, 3.63) is 23.9 Å². The zero-order valence-electron chi connectivity index (χ0n) is 14.3. The maximum absolute atomic E-state index is 12.8. The summed E-state index contributed by atoms with van der Waals surface area (Å²) in [6.07, 6.45) is -1.13. The molecule has 0 bridgehead atoms. The Bertz CT molecular complexity index is 549. The number of piperidine rings is 1. The Morgan fingerprint density at radius 2 is 1.92 bits per heavy atom. The van der Waals surface area contributed by atoms with Crippen LogP contribution < -0.4 is 5.32 Å². The van der Waals surface area contributed by atoms with Crippen molar-refractivity contribution < 1.29 is 17.9 Å². The van der Waals surface area contributed by atoms with Gasteiger partial charge in [-0.25, -0.2) is 4.98 Å². The highest BCUT2D eigenvalue weighted by atomic mass is 19.4. The van der Waals surface area contributed by atoms with Crippen molar-refractivity contribution in [3.8, 4) is 0 Å². The number of pyridine rings is 1. The fourth-order valence-corrected chi connectivity index (χ4v) is 3.38. The summed E-state index contributed by atoms with van der Waals surface area (Å²) in [6, 6.07) is 2.22. The maximum Gasteiger partial charge on any atom is 0.416 e. The molecular formula is C17H25F3N4O. The largest absolute Gasteiger partial charge is 0.416 e. The molecule has 1 aromatic rings. The average Bonchev–Trinajstić information content (AvgIpc) is 2.61. The molecule has 3 rings (SSSR count). The molecule has 2 aliphatic rings. The lowest BCUT2D eigenvalue weighted by Crippen LogP contribution is -2.46. The van der Waals surface area contributed by atoms with Gasteiger partial charge >= 0.3 is 6.18 Å². The van der Waals surface area contributed by atoms with E-state index in [1.807, 2.05) is 0 Å². The molecule has 0 spiro atoms. The van der Waals surface area contributed by atoms with Gasteiger partial charge in [0, 0.05) is 45.0 Å². The predicted molar refractivity (Wildman–Crippen MR) is 89.6 cm³/mol. The zero-order valence-corrected chi connectivity index (χ0v) is 14.3. The van der Waals surface area contributed by atoms with Gasteiger partial charge < -0.3 is 15.0 Å². The van der Waals surface area contributed by atoms with Crippen LogP contribution in [0.25, 0.3) is 0 Å². The molecule has 0 amide bonds. The predicted octanol–water partition coefficient (Wildman–Crippen LogP) is 2.31. The molecule has 2 aliphatic heterocycles. The lowest BCUT2D eigenvalue weighted by Gasteiger charge is -2.35. The van der Waals surface area contributed by atoms with E-state index in [2.05, 4.69) is 20.1 Å². The van der Waals surface area contributed by atoms with Gasteiger partial charge in [0.15, 0.2) is 0 Å². The average molecular weight is 358 g/mol. The third kappa shape index (κ3) is 5.55. The summed E-state index contributed by atoms with van der Waals surface area (Å²) in [6.45, 7) is 7.41. The number of ether oxygens (including phenoxy) is 1. The lowest BCUT2D eigenvalue weighted by molar-refractivity contribution is -0.137. The minimum atomic E-state index is -4.34. The second-order valence-electron chi connectivity index (χ2n) is 6.67. The third-order valence-corrected chi connectivity index (χ3v) is 4.78. The Morgan fingerprint density at radius 3 is 2.68 bits per heavy atom. The number of rotatable bonds is 5. The molecule has 0 aliphatic carbocycles. The molecule has 3 heterocycles. The number of halogens is 3. The van der Waals surface area contributed by atoms with E-state index in [1.165, 1.54) is 6.20 Å². The van der Waals surface area contributed by atoms with Crippen molar-refractivity contribution in [2.45, 2.75) is 25.1 Å². The van der Waals surface area contributed by atoms with E-state index in [4.69, 9.17) is 4.74 Å². The number of nitrogens with one attached hydrogen (secondary N) is 1. The summed E-state index contributed by atoms with van der Waals surface area (Å²) >= 11 is 0. The summed E-state index contributed by atoms with van der Waals surface area (Å²) < 4.78 is 43.8. The van der Waals surface area contributed by atoms with Crippen LogP contribution >= 0.6 is 0 Å². The molecule has 8 heteroatoms. The van der Waals surface area contributed by atoms with Crippen molar-refractivity contribution in [2.24, 2.45) is 0 Å². The first-order valence-electron chi connectivity index (χ1n) is 8.83. The van der Waals surface area contributed by atoms with E-state index in [0.717, 1.165) is 77.5 Å². The quantitative estimate of drug-likeness (QED) is 0.875. The third-order valence-electron chi connectivity index (χ3n) is 4.78. The van der Waals surface area contributed by atoms with Crippen molar-refractivity contribution in [3.63, 3.8) is 0 Å². The van der Waals surface area contributed by atoms with Crippen molar-refractivity contribution in [2.75, 3.05) is 57.8 Å². The maximum atomic E-state index is 12.8. The number of hydrogen-bond donors (Lipinski definition) is 1. The fourth-order valence-electron chi connectivity index (χ4n) is 3.38. The van der Waals surface area contributed by atoms with Crippen molar-refractivity contribution >= 4 is 5.82 Å². The van der Waals surface area contributed by atoms with Gasteiger partial charge in [0.25, 0.3) is 0 Å². The molecule has 2 fully saturated rings. The van der Waals surface area contributed by atoms with Gasteiger partial charge in [0.05, 0.1) is 18.8 Å². The van der Waals surface area contributed by atoms with Gasteiger partial charge in [-0.1, -0.05) is 0 Å². The summed E-state index contributed by atoms with van der Waals surface area (Å²) in [4.78, 5) is 8.82. The van der Waals surface area contributed by atoms with Crippen LogP contribution in [0.4, 0.5) is 19.0 Å². The van der Waals surface area contributed by atoms with E-state index in [0.29, 0.717) is 5.82 Å². The monoisotopic (exact) mass is 358 g/mol. The fraction of sp³-hybridized carbons (Fsp3) is 0.706. The van der Waals surface area contributed by atoms with E-state index in [1.54, 1.807) is 0 Å². The first kappa shape index (κ1) is 18.4.